The van der Waals surface area contributed by atoms with E-state index < -0.39 is 0 Å². The van der Waals surface area contributed by atoms with Crippen LogP contribution in [0.15, 0.2) is 29.1 Å². The number of methoxy groups -OCH3 is 4. The number of carbonyl (C=O) groups excluding carboxylic acids is 2. The van der Waals surface area contributed by atoms with Gasteiger partial charge in [-0.15, -0.1) is 0 Å². The number of unbranched alkanes of at least 4 members (excludes halogenated alkanes) is 2. The standard InChI is InChI=1S/C41H60N4O7/c1-28(46)43-33-18-16-29-25-37(50-3)40(51-4)41(52-5)39(29)31-17-19-34(36(47)26-32(31)33)42-20-9-6-7-15-38(48)45(23-12-24-49-2)27-30-13-11-22-44-21-10-8-14-35(30)44/h17,19,25-26,30,33,35H,6-16,18,20-24,27H2,1-5H3,(H,42,47)(H,43,46)/t30-,33-,35+/m0/s1. The molecule has 2 aromatic rings. The van der Waals surface area contributed by atoms with E-state index in [1.54, 1.807) is 34.5 Å². The number of aryl methyl sites for hydroxylation is 1. The lowest BCUT2D eigenvalue weighted by atomic mass is 9.83. The molecule has 2 aromatic carbocycles. The summed E-state index contributed by atoms with van der Waals surface area (Å²) in [4.78, 5) is 44.2. The fourth-order valence-electron chi connectivity index (χ4n) is 8.60. The van der Waals surface area contributed by atoms with Gasteiger partial charge in [0.05, 0.1) is 33.1 Å². The van der Waals surface area contributed by atoms with Crippen molar-refractivity contribution in [3.8, 4) is 28.4 Å². The van der Waals surface area contributed by atoms with Gasteiger partial charge in [-0.3, -0.25) is 14.4 Å². The Bertz CT molecular complexity index is 1580. The fourth-order valence-corrected chi connectivity index (χ4v) is 8.60. The van der Waals surface area contributed by atoms with Crippen molar-refractivity contribution in [3.63, 3.8) is 0 Å². The average Bonchev–Trinajstić information content (AvgIpc) is 3.39. The quantitative estimate of drug-likeness (QED) is 0.191. The van der Waals surface area contributed by atoms with Crippen molar-refractivity contribution >= 4 is 17.5 Å². The summed E-state index contributed by atoms with van der Waals surface area (Å²) < 4.78 is 22.5. The van der Waals surface area contributed by atoms with E-state index >= 15 is 0 Å². The summed E-state index contributed by atoms with van der Waals surface area (Å²) in [6.07, 6.45) is 11.4. The van der Waals surface area contributed by atoms with E-state index in [0.29, 0.717) is 67.3 Å². The van der Waals surface area contributed by atoms with Crippen molar-refractivity contribution in [2.24, 2.45) is 5.92 Å². The monoisotopic (exact) mass is 720 g/mol. The third kappa shape index (κ3) is 9.58. The Morgan fingerprint density at radius 3 is 2.46 bits per heavy atom. The van der Waals surface area contributed by atoms with Crippen LogP contribution in [-0.4, -0.2) is 95.4 Å². The topological polar surface area (TPSA) is 119 Å². The van der Waals surface area contributed by atoms with Gasteiger partial charge in [0.15, 0.2) is 11.5 Å². The number of ether oxygens (including phenoxy) is 4. The van der Waals surface area contributed by atoms with Gasteiger partial charge < -0.3 is 39.4 Å². The minimum Gasteiger partial charge on any atom is -0.493 e. The van der Waals surface area contributed by atoms with Crippen LogP contribution in [0, 0.1) is 5.92 Å². The Labute approximate surface area is 309 Å². The van der Waals surface area contributed by atoms with Crippen molar-refractivity contribution in [2.75, 3.05) is 73.1 Å². The summed E-state index contributed by atoms with van der Waals surface area (Å²) in [5.41, 5.74) is 3.67. The van der Waals surface area contributed by atoms with Crippen LogP contribution in [0.3, 0.4) is 0 Å². The number of rotatable bonds is 17. The van der Waals surface area contributed by atoms with Crippen LogP contribution in [0.1, 0.15) is 94.7 Å². The van der Waals surface area contributed by atoms with Crippen LogP contribution in [0.25, 0.3) is 11.1 Å². The number of fused-ring (bicyclic) bond motifs is 4. The van der Waals surface area contributed by atoms with E-state index in [0.717, 1.165) is 61.0 Å². The minimum absolute atomic E-state index is 0.152. The van der Waals surface area contributed by atoms with E-state index in [1.807, 2.05) is 18.2 Å². The second-order valence-corrected chi connectivity index (χ2v) is 14.5. The number of hydrogen-bond donors (Lipinski definition) is 2. The first-order chi connectivity index (χ1) is 25.3. The van der Waals surface area contributed by atoms with Gasteiger partial charge in [0.25, 0.3) is 0 Å². The number of nitrogens with zero attached hydrogens (tertiary/aromatic N) is 2. The number of anilines is 1. The van der Waals surface area contributed by atoms with Gasteiger partial charge in [-0.1, -0.05) is 18.9 Å². The Morgan fingerprint density at radius 2 is 1.71 bits per heavy atom. The van der Waals surface area contributed by atoms with Gasteiger partial charge in [0.2, 0.25) is 23.0 Å². The van der Waals surface area contributed by atoms with E-state index in [9.17, 15) is 14.4 Å². The number of carbonyl (C=O) groups is 2. The van der Waals surface area contributed by atoms with Gasteiger partial charge in [0.1, 0.15) is 0 Å². The summed E-state index contributed by atoms with van der Waals surface area (Å²) in [5.74, 6) is 2.20. The highest BCUT2D eigenvalue weighted by Crippen LogP contribution is 2.50. The van der Waals surface area contributed by atoms with Crippen molar-refractivity contribution in [1.29, 1.82) is 0 Å². The van der Waals surface area contributed by atoms with E-state index in [-0.39, 0.29) is 23.3 Å². The highest BCUT2D eigenvalue weighted by atomic mass is 16.5. The van der Waals surface area contributed by atoms with Crippen LogP contribution in [0.4, 0.5) is 5.69 Å². The predicted octanol–water partition coefficient (Wildman–Crippen LogP) is 5.96. The highest BCUT2D eigenvalue weighted by molar-refractivity contribution is 5.83. The molecule has 0 bridgehead atoms. The molecule has 0 spiro atoms. The van der Waals surface area contributed by atoms with Crippen LogP contribution >= 0.6 is 0 Å². The molecule has 52 heavy (non-hydrogen) atoms. The van der Waals surface area contributed by atoms with Gasteiger partial charge >= 0.3 is 0 Å². The molecule has 2 saturated heterocycles. The Balaban J connectivity index is 1.24. The van der Waals surface area contributed by atoms with E-state index in [4.69, 9.17) is 18.9 Å². The largest absolute Gasteiger partial charge is 0.493 e. The molecular formula is C41H60N4O7. The molecule has 0 radical (unpaired) electrons. The zero-order chi connectivity index (χ0) is 37.0. The number of benzene rings is 1. The maximum Gasteiger partial charge on any atom is 0.222 e. The summed E-state index contributed by atoms with van der Waals surface area (Å²) >= 11 is 0. The summed E-state index contributed by atoms with van der Waals surface area (Å²) in [6, 6.07) is 7.59. The second kappa shape index (κ2) is 19.3. The molecule has 11 heteroatoms. The molecule has 2 heterocycles. The lowest BCUT2D eigenvalue weighted by Crippen LogP contribution is -2.51. The third-order valence-electron chi connectivity index (χ3n) is 11.1. The first-order valence-electron chi connectivity index (χ1n) is 19.3. The number of amides is 2. The SMILES string of the molecule is COCCCN(C[C@@H]1CCCN2CCCC[C@H]12)C(=O)CCCCCNc1ccc2c(cc1=O)[C@@H](NC(C)=O)CCc1cc(OC)c(OC)c(OC)c1-2. The maximum absolute atomic E-state index is 13.7. The third-order valence-corrected chi connectivity index (χ3v) is 11.1. The Morgan fingerprint density at radius 1 is 0.904 bits per heavy atom. The molecule has 0 unspecified atom stereocenters. The fraction of sp³-hybridized carbons (Fsp3) is 0.634. The molecule has 3 aliphatic rings. The van der Waals surface area contributed by atoms with Crippen molar-refractivity contribution in [2.45, 2.75) is 96.1 Å². The zero-order valence-electron chi connectivity index (χ0n) is 32.0. The van der Waals surface area contributed by atoms with Crippen molar-refractivity contribution in [1.82, 2.24) is 15.1 Å². The predicted molar refractivity (Wildman–Crippen MR) is 205 cm³/mol. The summed E-state index contributed by atoms with van der Waals surface area (Å²) in [5, 5.41) is 6.42. The Kier molecular flexibility index (Phi) is 14.6. The van der Waals surface area contributed by atoms with Gasteiger partial charge in [0, 0.05) is 58.3 Å². The molecule has 11 nitrogen and oxygen atoms in total. The Hall–Kier alpha value is -3.83. The van der Waals surface area contributed by atoms with Crippen LogP contribution < -0.4 is 30.3 Å². The normalized spacial score (nSPS) is 19.7. The molecule has 2 aliphatic heterocycles. The van der Waals surface area contributed by atoms with E-state index in [2.05, 4.69) is 20.4 Å². The molecule has 2 fully saturated rings. The lowest BCUT2D eigenvalue weighted by Gasteiger charge is -2.45. The molecule has 3 atom stereocenters. The maximum atomic E-state index is 13.7. The molecule has 0 saturated carbocycles. The van der Waals surface area contributed by atoms with E-state index in [1.165, 1.54) is 52.1 Å². The molecule has 0 aromatic heterocycles. The molecule has 2 N–H and O–H groups in total. The summed E-state index contributed by atoms with van der Waals surface area (Å²) in [7, 11) is 6.48. The lowest BCUT2D eigenvalue weighted by molar-refractivity contribution is -0.133. The van der Waals surface area contributed by atoms with Crippen molar-refractivity contribution in [3.05, 3.63) is 45.6 Å². The first kappa shape index (κ1) is 39.4. The van der Waals surface area contributed by atoms with Crippen LogP contribution in [0.5, 0.6) is 17.2 Å². The van der Waals surface area contributed by atoms with Crippen LogP contribution in [0.2, 0.25) is 0 Å². The summed E-state index contributed by atoms with van der Waals surface area (Å²) in [6.45, 7) is 6.77. The minimum atomic E-state index is -0.360. The molecule has 5 rings (SSSR count). The van der Waals surface area contributed by atoms with Crippen molar-refractivity contribution < 1.29 is 28.5 Å². The second-order valence-electron chi connectivity index (χ2n) is 14.5. The number of nitrogens with one attached hydrogen (secondary N) is 2. The highest BCUT2D eigenvalue weighted by Gasteiger charge is 2.35. The zero-order valence-corrected chi connectivity index (χ0v) is 32.0. The first-order valence-corrected chi connectivity index (χ1v) is 19.3. The van der Waals surface area contributed by atoms with Crippen LogP contribution in [-0.2, 0) is 20.7 Å². The number of piperidine rings is 2. The number of hydrogen-bond acceptors (Lipinski definition) is 9. The van der Waals surface area contributed by atoms with Gasteiger partial charge in [-0.2, -0.15) is 0 Å². The average molecular weight is 721 g/mol. The van der Waals surface area contributed by atoms with Gasteiger partial charge in [-0.05, 0) is 112 Å². The molecule has 286 valence electrons. The molecule has 2 amide bonds. The molecular weight excluding hydrogens is 660 g/mol. The van der Waals surface area contributed by atoms with Gasteiger partial charge in [-0.25, -0.2) is 0 Å². The molecule has 1 aliphatic carbocycles. The smallest absolute Gasteiger partial charge is 0.222 e.